The first-order valence-electron chi connectivity index (χ1n) is 6.36. The summed E-state index contributed by atoms with van der Waals surface area (Å²) in [6, 6.07) is 4.39. The van der Waals surface area contributed by atoms with Gasteiger partial charge in [-0.2, -0.15) is 0 Å². The van der Waals surface area contributed by atoms with E-state index < -0.39 is 43.7 Å². The normalized spacial score (nSPS) is 15.0. The molecule has 1 radical (unpaired) electrons. The van der Waals surface area contributed by atoms with Crippen LogP contribution < -0.4 is 5.32 Å². The van der Waals surface area contributed by atoms with E-state index in [1.807, 2.05) is 17.8 Å². The summed E-state index contributed by atoms with van der Waals surface area (Å²) in [7, 11) is 0. The molecule has 22 heavy (non-hydrogen) atoms. The predicted octanol–water partition coefficient (Wildman–Crippen LogP) is 3.04. The molecule has 1 aliphatic carbocycles. The number of halogens is 3. The Bertz CT molecular complexity index is 650. The van der Waals surface area contributed by atoms with Crippen molar-refractivity contribution < 1.29 is 22.8 Å². The third-order valence-corrected chi connectivity index (χ3v) is 4.87. The van der Waals surface area contributed by atoms with Gasteiger partial charge in [0.15, 0.2) is 0 Å². The van der Waals surface area contributed by atoms with Crippen LogP contribution in [0, 0.1) is 6.42 Å². The van der Waals surface area contributed by atoms with E-state index in [0.717, 1.165) is 22.9 Å². The molecule has 0 saturated heterocycles. The number of alkyl halides is 3. The SMILES string of the molecule is O=C(NC(=O)c1ccccc1C(F)(F)F)[AsH]C1=C[CH]CC=C1. The monoisotopic (exact) mass is 370 g/mol. The van der Waals surface area contributed by atoms with Crippen molar-refractivity contribution in [2.24, 2.45) is 0 Å². The van der Waals surface area contributed by atoms with Crippen LogP contribution in [0.1, 0.15) is 22.3 Å². The third-order valence-electron chi connectivity index (χ3n) is 2.83. The Balaban J connectivity index is 2.08. The van der Waals surface area contributed by atoms with Gasteiger partial charge in [-0.05, 0) is 0 Å². The average molecular weight is 370 g/mol. The zero-order valence-electron chi connectivity index (χ0n) is 11.3. The number of benzene rings is 1. The number of allylic oxidation sites excluding steroid dienone is 4. The van der Waals surface area contributed by atoms with Gasteiger partial charge in [-0.15, -0.1) is 0 Å². The van der Waals surface area contributed by atoms with Gasteiger partial charge in [0.25, 0.3) is 0 Å². The number of carbonyl (C=O) groups excluding carboxylic acids is 2. The number of amides is 2. The van der Waals surface area contributed by atoms with Crippen LogP contribution in [0.5, 0.6) is 0 Å². The number of hydrogen-bond donors (Lipinski definition) is 1. The van der Waals surface area contributed by atoms with Crippen molar-refractivity contribution in [3.63, 3.8) is 0 Å². The fraction of sp³-hybridized carbons (Fsp3) is 0.133. The molecule has 2 amide bonds. The molecule has 1 aliphatic rings. The summed E-state index contributed by atoms with van der Waals surface area (Å²) in [6.07, 6.45) is 3.51. The fourth-order valence-electron chi connectivity index (χ4n) is 1.87. The van der Waals surface area contributed by atoms with Crippen molar-refractivity contribution in [2.45, 2.75) is 12.6 Å². The first-order chi connectivity index (χ1) is 10.4. The summed E-state index contributed by atoms with van der Waals surface area (Å²) < 4.78 is 38.8. The molecule has 1 aromatic carbocycles. The molecule has 3 nitrogen and oxygen atoms in total. The van der Waals surface area contributed by atoms with Crippen molar-refractivity contribution in [3.05, 3.63) is 64.4 Å². The zero-order valence-corrected chi connectivity index (χ0v) is 13.4. The number of rotatable bonds is 3. The molecule has 0 spiro atoms. The molecule has 0 heterocycles. The van der Waals surface area contributed by atoms with Crippen LogP contribution in [-0.4, -0.2) is 26.4 Å². The summed E-state index contributed by atoms with van der Waals surface area (Å²) in [6.45, 7) is 0. The molecule has 0 aromatic heterocycles. The summed E-state index contributed by atoms with van der Waals surface area (Å²) in [4.78, 5) is 23.7. The van der Waals surface area contributed by atoms with Gasteiger partial charge in [-0.25, -0.2) is 0 Å². The van der Waals surface area contributed by atoms with Crippen LogP contribution >= 0.6 is 0 Å². The minimum absolute atomic E-state index is 0.520. The summed E-state index contributed by atoms with van der Waals surface area (Å²) in [5.41, 5.74) is -1.60. The molecule has 1 N–H and O–H groups in total. The van der Waals surface area contributed by atoms with Crippen molar-refractivity contribution in [1.29, 1.82) is 0 Å². The Morgan fingerprint density at radius 2 is 1.91 bits per heavy atom. The zero-order chi connectivity index (χ0) is 16.2. The molecule has 2 rings (SSSR count). The number of imide groups is 1. The van der Waals surface area contributed by atoms with Gasteiger partial charge in [0, 0.05) is 0 Å². The van der Waals surface area contributed by atoms with E-state index in [1.165, 1.54) is 12.1 Å². The predicted molar refractivity (Wildman–Crippen MR) is 77.6 cm³/mol. The first kappa shape index (κ1) is 16.6. The Morgan fingerprint density at radius 1 is 1.18 bits per heavy atom. The van der Waals surface area contributed by atoms with Gasteiger partial charge in [0.05, 0.1) is 0 Å². The summed E-state index contributed by atoms with van der Waals surface area (Å²) >= 11 is -1.28. The standard InChI is InChI=1S/C15H12AsF3NO2/c17-15(18,19)12-9-5-4-8-11(12)13(21)20-14(22)16-10-6-2-1-3-7-10/h2-9,16H,1H2,(H,20,21,22). The van der Waals surface area contributed by atoms with E-state index in [2.05, 4.69) is 0 Å². The Kier molecular flexibility index (Phi) is 5.24. The Labute approximate surface area is 132 Å². The molecular weight excluding hydrogens is 358 g/mol. The molecule has 0 aliphatic heterocycles. The van der Waals surface area contributed by atoms with Crippen LogP contribution in [0.15, 0.2) is 46.9 Å². The molecule has 0 bridgehead atoms. The quantitative estimate of drug-likeness (QED) is 0.832. The van der Waals surface area contributed by atoms with E-state index in [1.54, 1.807) is 12.2 Å². The Morgan fingerprint density at radius 3 is 2.55 bits per heavy atom. The second-order valence-corrected chi connectivity index (χ2v) is 7.14. The number of carbonyl (C=O) groups is 2. The average Bonchev–Trinajstić information content (AvgIpc) is 2.47. The van der Waals surface area contributed by atoms with E-state index in [4.69, 9.17) is 0 Å². The van der Waals surface area contributed by atoms with E-state index >= 15 is 0 Å². The first-order valence-corrected chi connectivity index (χ1v) is 8.46. The van der Waals surface area contributed by atoms with Gasteiger partial charge in [0.2, 0.25) is 0 Å². The van der Waals surface area contributed by atoms with E-state index in [-0.39, 0.29) is 0 Å². The van der Waals surface area contributed by atoms with Crippen molar-refractivity contribution in [3.8, 4) is 0 Å². The summed E-state index contributed by atoms with van der Waals surface area (Å²) in [5.74, 6) is -1.02. The maximum absolute atomic E-state index is 12.8. The Hall–Kier alpha value is -1.81. The van der Waals surface area contributed by atoms with Gasteiger partial charge in [-0.1, -0.05) is 0 Å². The van der Waals surface area contributed by atoms with Gasteiger partial charge >= 0.3 is 131 Å². The van der Waals surface area contributed by atoms with E-state index in [0.29, 0.717) is 0 Å². The van der Waals surface area contributed by atoms with Gasteiger partial charge < -0.3 is 0 Å². The maximum atomic E-state index is 12.8. The van der Waals surface area contributed by atoms with Crippen molar-refractivity contribution >= 4 is 26.4 Å². The molecule has 1 unspecified atom stereocenters. The molecule has 0 fully saturated rings. The molecule has 115 valence electrons. The second kappa shape index (κ2) is 6.97. The summed E-state index contributed by atoms with van der Waals surface area (Å²) in [5, 5.41) is 2.05. The molecule has 0 saturated carbocycles. The van der Waals surface area contributed by atoms with Crippen LogP contribution in [-0.2, 0) is 6.18 Å². The third kappa shape index (κ3) is 4.34. The van der Waals surface area contributed by atoms with Crippen LogP contribution in [0.2, 0.25) is 0 Å². The molecule has 1 aromatic rings. The molecular formula is C15H12AsF3NO2. The van der Waals surface area contributed by atoms with Crippen molar-refractivity contribution in [2.75, 3.05) is 0 Å². The number of hydrogen-bond acceptors (Lipinski definition) is 2. The molecule has 7 heteroatoms. The minimum atomic E-state index is -4.64. The van der Waals surface area contributed by atoms with Gasteiger partial charge in [0.1, 0.15) is 0 Å². The number of nitrogens with one attached hydrogen (secondary N) is 1. The van der Waals surface area contributed by atoms with Gasteiger partial charge in [-0.3, -0.25) is 0 Å². The second-order valence-electron chi connectivity index (χ2n) is 4.45. The fourth-order valence-corrected chi connectivity index (χ4v) is 3.63. The topological polar surface area (TPSA) is 46.2 Å². The van der Waals surface area contributed by atoms with Crippen LogP contribution in [0.3, 0.4) is 0 Å². The van der Waals surface area contributed by atoms with Crippen LogP contribution in [0.25, 0.3) is 0 Å². The van der Waals surface area contributed by atoms with Crippen LogP contribution in [0.4, 0.5) is 18.0 Å². The molecule has 1 atom stereocenters. The van der Waals surface area contributed by atoms with Crippen molar-refractivity contribution in [1.82, 2.24) is 5.32 Å². The van der Waals surface area contributed by atoms with E-state index in [9.17, 15) is 22.8 Å².